The molecular weight excluding hydrogens is 314 g/mol. The first kappa shape index (κ1) is 18.2. The zero-order chi connectivity index (χ0) is 17.9. The monoisotopic (exact) mass is 337 g/mol. The van der Waals surface area contributed by atoms with Gasteiger partial charge in [-0.1, -0.05) is 0 Å². The van der Waals surface area contributed by atoms with Crippen LogP contribution in [0.2, 0.25) is 0 Å². The van der Waals surface area contributed by atoms with Gasteiger partial charge in [0.2, 0.25) is 5.91 Å². The van der Waals surface area contributed by atoms with Crippen molar-refractivity contribution in [1.82, 2.24) is 4.90 Å². The summed E-state index contributed by atoms with van der Waals surface area (Å²) in [5.74, 6) is 0.139. The maximum absolute atomic E-state index is 12.6. The third-order valence-electron chi connectivity index (χ3n) is 4.03. The molecule has 1 amide bonds. The molecule has 2 rings (SSSR count). The molecule has 3 atom stereocenters. The molecule has 1 aliphatic heterocycles. The first-order valence-electron chi connectivity index (χ1n) is 7.84. The summed E-state index contributed by atoms with van der Waals surface area (Å²) in [5, 5.41) is 13.7. The number of non-ortho nitro benzene ring substituents is 1. The minimum absolute atomic E-state index is 0.0522. The Bertz CT molecular complexity index is 612. The lowest BCUT2D eigenvalue weighted by molar-refractivity contribution is -0.384. The molecule has 24 heavy (non-hydrogen) atoms. The van der Waals surface area contributed by atoms with Crippen LogP contribution in [-0.2, 0) is 9.53 Å². The number of amides is 1. The van der Waals surface area contributed by atoms with Gasteiger partial charge in [-0.2, -0.15) is 0 Å². The normalized spacial score (nSPS) is 22.7. The highest BCUT2D eigenvalue weighted by atomic mass is 16.6. The molecule has 1 fully saturated rings. The van der Waals surface area contributed by atoms with E-state index in [-0.39, 0.29) is 35.5 Å². The van der Waals surface area contributed by atoms with E-state index in [9.17, 15) is 14.9 Å². The second kappa shape index (κ2) is 7.59. The maximum atomic E-state index is 12.6. The SMILES string of the molecule is COc1ccc([N+](=O)[O-])cc1NC(=O)[C@@H](C)N1C[C@H](C)O[C@@H](C)C1. The summed E-state index contributed by atoms with van der Waals surface area (Å²) in [6.07, 6.45) is 0.104. The number of nitrogens with one attached hydrogen (secondary N) is 1. The van der Waals surface area contributed by atoms with Crippen LogP contribution in [0.5, 0.6) is 5.75 Å². The van der Waals surface area contributed by atoms with Crippen LogP contribution in [0, 0.1) is 10.1 Å². The highest BCUT2D eigenvalue weighted by Crippen LogP contribution is 2.29. The van der Waals surface area contributed by atoms with E-state index in [2.05, 4.69) is 5.32 Å². The van der Waals surface area contributed by atoms with Gasteiger partial charge in [-0.05, 0) is 26.8 Å². The molecule has 0 bridgehead atoms. The van der Waals surface area contributed by atoms with E-state index in [4.69, 9.17) is 9.47 Å². The quantitative estimate of drug-likeness (QED) is 0.653. The number of morpholine rings is 1. The average Bonchev–Trinajstić information content (AvgIpc) is 2.52. The fourth-order valence-electron chi connectivity index (χ4n) is 2.84. The Morgan fingerprint density at radius 2 is 2.04 bits per heavy atom. The molecule has 0 radical (unpaired) electrons. The van der Waals surface area contributed by atoms with E-state index in [0.717, 1.165) is 0 Å². The Morgan fingerprint density at radius 1 is 1.42 bits per heavy atom. The Morgan fingerprint density at radius 3 is 2.58 bits per heavy atom. The second-order valence-electron chi connectivity index (χ2n) is 6.02. The predicted octanol–water partition coefficient (Wildman–Crippen LogP) is 2.04. The summed E-state index contributed by atoms with van der Waals surface area (Å²) in [6, 6.07) is 3.72. The number of benzene rings is 1. The number of hydrogen-bond acceptors (Lipinski definition) is 6. The van der Waals surface area contributed by atoms with Crippen LogP contribution >= 0.6 is 0 Å². The Hall–Kier alpha value is -2.19. The molecule has 1 aliphatic rings. The third kappa shape index (κ3) is 4.21. The van der Waals surface area contributed by atoms with Gasteiger partial charge in [0.1, 0.15) is 5.75 Å². The Kier molecular flexibility index (Phi) is 5.74. The van der Waals surface area contributed by atoms with E-state index in [0.29, 0.717) is 18.8 Å². The number of methoxy groups -OCH3 is 1. The highest BCUT2D eigenvalue weighted by Gasteiger charge is 2.29. The van der Waals surface area contributed by atoms with Crippen molar-refractivity contribution in [2.75, 3.05) is 25.5 Å². The van der Waals surface area contributed by atoms with E-state index in [1.807, 2.05) is 25.7 Å². The van der Waals surface area contributed by atoms with Gasteiger partial charge in [-0.3, -0.25) is 19.8 Å². The lowest BCUT2D eigenvalue weighted by atomic mass is 10.1. The van der Waals surface area contributed by atoms with Crippen LogP contribution in [0.15, 0.2) is 18.2 Å². The van der Waals surface area contributed by atoms with Gasteiger partial charge < -0.3 is 14.8 Å². The van der Waals surface area contributed by atoms with E-state index in [1.54, 1.807) is 0 Å². The number of nitrogens with zero attached hydrogens (tertiary/aromatic N) is 2. The highest BCUT2D eigenvalue weighted by molar-refractivity contribution is 5.96. The number of nitro benzene ring substituents is 1. The average molecular weight is 337 g/mol. The molecule has 1 aromatic rings. The Balaban J connectivity index is 2.13. The van der Waals surface area contributed by atoms with Crippen molar-refractivity contribution in [2.45, 2.75) is 39.0 Å². The van der Waals surface area contributed by atoms with Crippen molar-refractivity contribution < 1.29 is 19.2 Å². The Labute approximate surface area is 140 Å². The number of carbonyl (C=O) groups excluding carboxylic acids is 1. The molecule has 0 aliphatic carbocycles. The van der Waals surface area contributed by atoms with Crippen molar-refractivity contribution >= 4 is 17.3 Å². The van der Waals surface area contributed by atoms with Crippen molar-refractivity contribution in [3.8, 4) is 5.75 Å². The van der Waals surface area contributed by atoms with Crippen LogP contribution in [-0.4, -0.2) is 54.2 Å². The van der Waals surface area contributed by atoms with Gasteiger partial charge in [-0.25, -0.2) is 0 Å². The first-order valence-corrected chi connectivity index (χ1v) is 7.84. The van der Waals surface area contributed by atoms with E-state index in [1.165, 1.54) is 25.3 Å². The van der Waals surface area contributed by atoms with Crippen molar-refractivity contribution in [1.29, 1.82) is 0 Å². The molecule has 0 aromatic heterocycles. The number of anilines is 1. The number of nitro groups is 1. The van der Waals surface area contributed by atoms with Crippen LogP contribution in [0.25, 0.3) is 0 Å². The molecule has 0 spiro atoms. The summed E-state index contributed by atoms with van der Waals surface area (Å²) in [5.41, 5.74) is 0.185. The number of rotatable bonds is 5. The summed E-state index contributed by atoms with van der Waals surface area (Å²) in [7, 11) is 1.45. The topological polar surface area (TPSA) is 93.9 Å². The zero-order valence-corrected chi connectivity index (χ0v) is 14.3. The summed E-state index contributed by atoms with van der Waals surface area (Å²) >= 11 is 0. The fourth-order valence-corrected chi connectivity index (χ4v) is 2.84. The largest absolute Gasteiger partial charge is 0.495 e. The van der Waals surface area contributed by atoms with E-state index >= 15 is 0 Å². The summed E-state index contributed by atoms with van der Waals surface area (Å²) in [6.45, 7) is 7.06. The van der Waals surface area contributed by atoms with Crippen LogP contribution in [0.4, 0.5) is 11.4 Å². The van der Waals surface area contributed by atoms with Crippen LogP contribution in [0.1, 0.15) is 20.8 Å². The van der Waals surface area contributed by atoms with Gasteiger partial charge in [0.05, 0.1) is 36.0 Å². The van der Waals surface area contributed by atoms with Gasteiger partial charge >= 0.3 is 0 Å². The standard InChI is InChI=1S/C16H23N3O5/c1-10-8-18(9-11(2)24-10)12(3)16(20)17-14-7-13(19(21)22)5-6-15(14)23-4/h5-7,10-12H,8-9H2,1-4H3,(H,17,20)/t10-,11-,12+/m0/s1. The third-order valence-corrected chi connectivity index (χ3v) is 4.03. The van der Waals surface area contributed by atoms with Crippen LogP contribution < -0.4 is 10.1 Å². The zero-order valence-electron chi connectivity index (χ0n) is 14.3. The molecule has 1 heterocycles. The minimum atomic E-state index is -0.510. The number of hydrogen-bond donors (Lipinski definition) is 1. The molecule has 132 valence electrons. The van der Waals surface area contributed by atoms with Gasteiger partial charge in [-0.15, -0.1) is 0 Å². The lowest BCUT2D eigenvalue weighted by Gasteiger charge is -2.38. The van der Waals surface area contributed by atoms with Crippen LogP contribution in [0.3, 0.4) is 0 Å². The van der Waals surface area contributed by atoms with Crippen molar-refractivity contribution in [2.24, 2.45) is 0 Å². The van der Waals surface area contributed by atoms with Crippen molar-refractivity contribution in [3.05, 3.63) is 28.3 Å². The molecule has 0 unspecified atom stereocenters. The molecule has 1 aromatic carbocycles. The maximum Gasteiger partial charge on any atom is 0.271 e. The molecule has 8 nitrogen and oxygen atoms in total. The first-order chi connectivity index (χ1) is 11.3. The molecule has 0 saturated carbocycles. The van der Waals surface area contributed by atoms with Crippen molar-refractivity contribution in [3.63, 3.8) is 0 Å². The second-order valence-corrected chi connectivity index (χ2v) is 6.02. The summed E-state index contributed by atoms with van der Waals surface area (Å²) in [4.78, 5) is 25.0. The lowest BCUT2D eigenvalue weighted by Crippen LogP contribution is -2.52. The van der Waals surface area contributed by atoms with Gasteiger partial charge in [0, 0.05) is 25.2 Å². The fraction of sp³-hybridized carbons (Fsp3) is 0.562. The number of carbonyl (C=O) groups is 1. The molecule has 8 heteroatoms. The number of ether oxygens (including phenoxy) is 2. The minimum Gasteiger partial charge on any atom is -0.495 e. The molecule has 1 saturated heterocycles. The van der Waals surface area contributed by atoms with Gasteiger partial charge in [0.25, 0.3) is 5.69 Å². The van der Waals surface area contributed by atoms with E-state index < -0.39 is 4.92 Å². The molecule has 1 N–H and O–H groups in total. The smallest absolute Gasteiger partial charge is 0.271 e. The van der Waals surface area contributed by atoms with Gasteiger partial charge in [0.15, 0.2) is 0 Å². The molecular formula is C16H23N3O5. The predicted molar refractivity (Wildman–Crippen MR) is 89.3 cm³/mol. The summed E-state index contributed by atoms with van der Waals surface area (Å²) < 4.78 is 10.8.